The molecule has 1 atom stereocenters. The van der Waals surface area contributed by atoms with E-state index in [0.29, 0.717) is 5.02 Å². The van der Waals surface area contributed by atoms with Crippen LogP contribution in [0.1, 0.15) is 12.5 Å². The third-order valence-electron chi connectivity index (χ3n) is 2.10. The van der Waals surface area contributed by atoms with Crippen molar-refractivity contribution in [2.45, 2.75) is 12.5 Å². The molecule has 0 aliphatic carbocycles. The van der Waals surface area contributed by atoms with E-state index in [0.717, 1.165) is 5.56 Å². The van der Waals surface area contributed by atoms with Gasteiger partial charge in [0.05, 0.1) is 5.54 Å². The molecular formula is C10H13ClN2O2. The monoisotopic (exact) mass is 228 g/mol. The van der Waals surface area contributed by atoms with Crippen molar-refractivity contribution in [2.75, 3.05) is 6.54 Å². The maximum atomic E-state index is 10.4. The normalized spacial score (nSPS) is 14.3. The lowest BCUT2D eigenvalue weighted by molar-refractivity contribution is 0.191. The van der Waals surface area contributed by atoms with Crippen molar-refractivity contribution in [2.24, 2.45) is 5.73 Å². The molecule has 1 aromatic rings. The lowest BCUT2D eigenvalue weighted by Crippen LogP contribution is -2.45. The first kappa shape index (κ1) is 11.8. The highest BCUT2D eigenvalue weighted by atomic mass is 35.5. The van der Waals surface area contributed by atoms with Gasteiger partial charge in [-0.15, -0.1) is 0 Å². The summed E-state index contributed by atoms with van der Waals surface area (Å²) in [5, 5.41) is 11.3. The molecule has 0 fully saturated rings. The Kier molecular flexibility index (Phi) is 3.55. The first-order valence-corrected chi connectivity index (χ1v) is 4.82. The summed E-state index contributed by atoms with van der Waals surface area (Å²) in [6.45, 7) is 1.84. The zero-order valence-corrected chi connectivity index (χ0v) is 9.08. The Morgan fingerprint density at radius 1 is 1.60 bits per heavy atom. The fourth-order valence-electron chi connectivity index (χ4n) is 1.28. The molecule has 0 saturated carbocycles. The number of halogens is 1. The molecule has 4 nitrogen and oxygen atoms in total. The largest absolute Gasteiger partial charge is 0.465 e. The van der Waals surface area contributed by atoms with Gasteiger partial charge in [0.25, 0.3) is 0 Å². The van der Waals surface area contributed by atoms with E-state index < -0.39 is 11.6 Å². The van der Waals surface area contributed by atoms with Crippen molar-refractivity contribution >= 4 is 17.7 Å². The molecule has 0 heterocycles. The van der Waals surface area contributed by atoms with Crippen LogP contribution in [-0.4, -0.2) is 17.7 Å². The van der Waals surface area contributed by atoms with Gasteiger partial charge in [-0.2, -0.15) is 0 Å². The lowest BCUT2D eigenvalue weighted by Gasteiger charge is -2.25. The lowest BCUT2D eigenvalue weighted by atomic mass is 9.93. The molecule has 0 radical (unpaired) electrons. The third kappa shape index (κ3) is 3.11. The number of hydrogen-bond acceptors (Lipinski definition) is 2. The Labute approximate surface area is 93.0 Å². The van der Waals surface area contributed by atoms with E-state index >= 15 is 0 Å². The minimum absolute atomic E-state index is 0.117. The molecule has 4 N–H and O–H groups in total. The van der Waals surface area contributed by atoms with Crippen molar-refractivity contribution in [3.63, 3.8) is 0 Å². The number of carboxylic acid groups (broad SMARTS) is 1. The predicted molar refractivity (Wildman–Crippen MR) is 59.0 cm³/mol. The van der Waals surface area contributed by atoms with Gasteiger partial charge in [-0.05, 0) is 18.6 Å². The molecule has 0 unspecified atom stereocenters. The fraction of sp³-hybridized carbons (Fsp3) is 0.300. The SMILES string of the molecule is C[C@](N)(CNC(=O)O)c1ccccc1Cl. The van der Waals surface area contributed by atoms with Gasteiger partial charge in [0.1, 0.15) is 0 Å². The number of amides is 1. The van der Waals surface area contributed by atoms with E-state index in [4.69, 9.17) is 22.4 Å². The Bertz CT molecular complexity index is 366. The smallest absolute Gasteiger partial charge is 0.404 e. The standard InChI is InChI=1S/C10H13ClN2O2/c1-10(12,6-13-9(14)15)7-4-2-3-5-8(7)11/h2-5,13H,6,12H2,1H3,(H,14,15)/t10-/m0/s1. The first-order valence-electron chi connectivity index (χ1n) is 4.44. The minimum Gasteiger partial charge on any atom is -0.465 e. The number of nitrogens with one attached hydrogen (secondary N) is 1. The minimum atomic E-state index is -1.10. The summed E-state index contributed by atoms with van der Waals surface area (Å²) >= 11 is 5.97. The average Bonchev–Trinajstić information content (AvgIpc) is 2.15. The van der Waals surface area contributed by atoms with Crippen LogP contribution in [0.25, 0.3) is 0 Å². The Balaban J connectivity index is 2.85. The van der Waals surface area contributed by atoms with E-state index in [-0.39, 0.29) is 6.54 Å². The summed E-state index contributed by atoms with van der Waals surface area (Å²) < 4.78 is 0. The van der Waals surface area contributed by atoms with Crippen molar-refractivity contribution in [3.8, 4) is 0 Å². The van der Waals surface area contributed by atoms with Crippen LogP contribution in [0.2, 0.25) is 5.02 Å². The van der Waals surface area contributed by atoms with Crippen LogP contribution >= 0.6 is 11.6 Å². The molecule has 0 spiro atoms. The van der Waals surface area contributed by atoms with Crippen LogP contribution in [0.3, 0.4) is 0 Å². The zero-order chi connectivity index (χ0) is 11.5. The Morgan fingerprint density at radius 2 is 2.20 bits per heavy atom. The zero-order valence-electron chi connectivity index (χ0n) is 8.33. The number of rotatable bonds is 3. The first-order chi connectivity index (χ1) is 6.93. The van der Waals surface area contributed by atoms with E-state index in [1.807, 2.05) is 6.07 Å². The number of benzene rings is 1. The highest BCUT2D eigenvalue weighted by molar-refractivity contribution is 6.31. The molecule has 15 heavy (non-hydrogen) atoms. The van der Waals surface area contributed by atoms with Crippen molar-refractivity contribution < 1.29 is 9.90 Å². The molecular weight excluding hydrogens is 216 g/mol. The topological polar surface area (TPSA) is 75.3 Å². The van der Waals surface area contributed by atoms with Gasteiger partial charge in [0.15, 0.2) is 0 Å². The van der Waals surface area contributed by atoms with E-state index in [1.165, 1.54) is 0 Å². The Morgan fingerprint density at radius 3 is 2.73 bits per heavy atom. The fourth-order valence-corrected chi connectivity index (χ4v) is 1.63. The molecule has 0 saturated heterocycles. The highest BCUT2D eigenvalue weighted by Crippen LogP contribution is 2.25. The molecule has 0 bridgehead atoms. The van der Waals surface area contributed by atoms with Gasteiger partial charge in [0, 0.05) is 11.6 Å². The molecule has 1 amide bonds. The van der Waals surface area contributed by atoms with Gasteiger partial charge in [0.2, 0.25) is 0 Å². The molecule has 5 heteroatoms. The van der Waals surface area contributed by atoms with Crippen molar-refractivity contribution in [1.29, 1.82) is 0 Å². The highest BCUT2D eigenvalue weighted by Gasteiger charge is 2.24. The second-order valence-electron chi connectivity index (χ2n) is 3.56. The number of carbonyl (C=O) groups is 1. The van der Waals surface area contributed by atoms with E-state index in [9.17, 15) is 4.79 Å². The molecule has 0 aliphatic rings. The maximum absolute atomic E-state index is 10.4. The van der Waals surface area contributed by atoms with Gasteiger partial charge in [-0.25, -0.2) is 4.79 Å². The van der Waals surface area contributed by atoms with Gasteiger partial charge in [-0.1, -0.05) is 29.8 Å². The number of hydrogen-bond donors (Lipinski definition) is 3. The van der Waals surface area contributed by atoms with Crippen LogP contribution in [0.5, 0.6) is 0 Å². The van der Waals surface area contributed by atoms with Crippen LogP contribution in [0, 0.1) is 0 Å². The third-order valence-corrected chi connectivity index (χ3v) is 2.43. The second-order valence-corrected chi connectivity index (χ2v) is 3.96. The Hall–Kier alpha value is -1.26. The summed E-state index contributed by atoms with van der Waals surface area (Å²) in [5.74, 6) is 0. The maximum Gasteiger partial charge on any atom is 0.404 e. The van der Waals surface area contributed by atoms with Crippen LogP contribution in [-0.2, 0) is 5.54 Å². The summed E-state index contributed by atoms with van der Waals surface area (Å²) in [6.07, 6.45) is -1.10. The second kappa shape index (κ2) is 4.51. The van der Waals surface area contributed by atoms with Crippen LogP contribution in [0.15, 0.2) is 24.3 Å². The van der Waals surface area contributed by atoms with E-state index in [1.54, 1.807) is 25.1 Å². The van der Waals surface area contributed by atoms with Crippen LogP contribution in [0.4, 0.5) is 4.79 Å². The van der Waals surface area contributed by atoms with Gasteiger partial charge < -0.3 is 16.2 Å². The van der Waals surface area contributed by atoms with Gasteiger partial charge in [-0.3, -0.25) is 0 Å². The quantitative estimate of drug-likeness (QED) is 0.738. The van der Waals surface area contributed by atoms with Gasteiger partial charge >= 0.3 is 6.09 Å². The average molecular weight is 229 g/mol. The molecule has 1 rings (SSSR count). The number of nitrogens with two attached hydrogens (primary N) is 1. The summed E-state index contributed by atoms with van der Waals surface area (Å²) in [7, 11) is 0. The summed E-state index contributed by atoms with van der Waals surface area (Å²) in [4.78, 5) is 10.4. The van der Waals surface area contributed by atoms with E-state index in [2.05, 4.69) is 5.32 Å². The van der Waals surface area contributed by atoms with Crippen molar-refractivity contribution in [3.05, 3.63) is 34.9 Å². The summed E-state index contributed by atoms with van der Waals surface area (Å²) in [6, 6.07) is 7.12. The molecule has 82 valence electrons. The molecule has 1 aromatic carbocycles. The van der Waals surface area contributed by atoms with Crippen molar-refractivity contribution in [1.82, 2.24) is 5.32 Å². The summed E-state index contributed by atoms with van der Waals surface area (Å²) in [5.41, 5.74) is 5.89. The predicted octanol–water partition coefficient (Wildman–Crippen LogP) is 1.78. The molecule has 0 aromatic heterocycles. The van der Waals surface area contributed by atoms with Crippen LogP contribution < -0.4 is 11.1 Å². The molecule has 0 aliphatic heterocycles.